The zero-order valence-electron chi connectivity index (χ0n) is 17.2. The Labute approximate surface area is 163 Å². The van der Waals surface area contributed by atoms with Crippen LogP contribution in [0.1, 0.15) is 36.8 Å². The van der Waals surface area contributed by atoms with Gasteiger partial charge in [0.2, 0.25) is 11.8 Å². The van der Waals surface area contributed by atoms with E-state index in [4.69, 9.17) is 0 Å². The van der Waals surface area contributed by atoms with E-state index in [0.717, 1.165) is 43.7 Å². The van der Waals surface area contributed by atoms with Crippen LogP contribution >= 0.6 is 0 Å². The topological polar surface area (TPSA) is 43.9 Å². The number of likely N-dealkylation sites (tertiary alicyclic amines) is 1. The average Bonchev–Trinajstić information content (AvgIpc) is 3.01. The minimum absolute atomic E-state index is 0.0705. The van der Waals surface area contributed by atoms with E-state index >= 15 is 0 Å². The van der Waals surface area contributed by atoms with Crippen LogP contribution in [0.2, 0.25) is 0 Å². The van der Waals surface area contributed by atoms with Gasteiger partial charge in [-0.2, -0.15) is 0 Å². The fourth-order valence-electron chi connectivity index (χ4n) is 4.36. The van der Waals surface area contributed by atoms with Crippen LogP contribution in [0.15, 0.2) is 18.2 Å². The molecule has 0 radical (unpaired) electrons. The average molecular weight is 372 g/mol. The summed E-state index contributed by atoms with van der Waals surface area (Å²) < 4.78 is 0. The van der Waals surface area contributed by atoms with E-state index in [9.17, 15) is 9.59 Å². The summed E-state index contributed by atoms with van der Waals surface area (Å²) in [4.78, 5) is 31.6. The minimum Gasteiger partial charge on any atom is -0.342 e. The van der Waals surface area contributed by atoms with Crippen molar-refractivity contribution in [2.24, 2.45) is 11.8 Å². The zero-order valence-corrected chi connectivity index (χ0v) is 17.2. The number of carbonyl (C=O) groups is 2. The molecule has 0 saturated carbocycles. The number of rotatable bonds is 5. The molecule has 0 N–H and O–H groups in total. The Balaban J connectivity index is 1.57. The van der Waals surface area contributed by atoms with Crippen LogP contribution in [0, 0.1) is 25.7 Å². The zero-order chi connectivity index (χ0) is 19.6. The first kappa shape index (κ1) is 19.9. The van der Waals surface area contributed by atoms with Crippen LogP contribution in [0.25, 0.3) is 0 Å². The summed E-state index contributed by atoms with van der Waals surface area (Å²) in [6.45, 7) is 7.39. The van der Waals surface area contributed by atoms with E-state index < -0.39 is 0 Å². The predicted octanol–water partition coefficient (Wildman–Crippen LogP) is 2.85. The number of aryl methyl sites for hydroxylation is 2. The molecule has 2 saturated heterocycles. The first-order chi connectivity index (χ1) is 12.8. The SMILES string of the molecule is Cc1ccc(N2C[C@H](C(=O)N3CCC(CCN(C)C)CC3)CC2=O)c(C)c1. The van der Waals surface area contributed by atoms with Crippen LogP contribution in [0.5, 0.6) is 0 Å². The van der Waals surface area contributed by atoms with Crippen LogP contribution in [0.3, 0.4) is 0 Å². The molecule has 2 amide bonds. The Kier molecular flexibility index (Phi) is 6.20. The molecule has 2 aliphatic heterocycles. The Bertz CT molecular complexity index is 693. The number of hydrogen-bond acceptors (Lipinski definition) is 3. The van der Waals surface area contributed by atoms with E-state index in [1.54, 1.807) is 4.90 Å². The number of carbonyl (C=O) groups excluding carboxylic acids is 2. The summed E-state index contributed by atoms with van der Waals surface area (Å²) >= 11 is 0. The molecule has 0 aliphatic carbocycles. The maximum atomic E-state index is 13.0. The van der Waals surface area contributed by atoms with Gasteiger partial charge in [0, 0.05) is 31.7 Å². The van der Waals surface area contributed by atoms with Gasteiger partial charge in [-0.1, -0.05) is 17.7 Å². The van der Waals surface area contributed by atoms with E-state index in [-0.39, 0.29) is 17.7 Å². The smallest absolute Gasteiger partial charge is 0.228 e. The monoisotopic (exact) mass is 371 g/mol. The summed E-state index contributed by atoms with van der Waals surface area (Å²) in [7, 11) is 4.22. The van der Waals surface area contributed by atoms with Gasteiger partial charge < -0.3 is 14.7 Å². The second-order valence-corrected chi connectivity index (χ2v) is 8.56. The van der Waals surface area contributed by atoms with Crippen molar-refractivity contribution in [3.8, 4) is 0 Å². The molecule has 1 aromatic rings. The summed E-state index contributed by atoms with van der Waals surface area (Å²) in [6, 6.07) is 6.13. The van der Waals surface area contributed by atoms with E-state index in [0.29, 0.717) is 18.9 Å². The quantitative estimate of drug-likeness (QED) is 0.799. The van der Waals surface area contributed by atoms with Crippen molar-refractivity contribution in [2.75, 3.05) is 45.2 Å². The second-order valence-electron chi connectivity index (χ2n) is 8.56. The summed E-state index contributed by atoms with van der Waals surface area (Å²) in [5.74, 6) is 0.757. The molecule has 0 unspecified atom stereocenters. The highest BCUT2D eigenvalue weighted by atomic mass is 16.2. The van der Waals surface area contributed by atoms with Gasteiger partial charge in [-0.05, 0) is 71.3 Å². The third kappa shape index (κ3) is 4.70. The number of benzene rings is 1. The Morgan fingerprint density at radius 2 is 1.89 bits per heavy atom. The van der Waals surface area contributed by atoms with Gasteiger partial charge in [0.25, 0.3) is 0 Å². The van der Waals surface area contributed by atoms with E-state index in [1.165, 1.54) is 12.0 Å². The summed E-state index contributed by atoms with van der Waals surface area (Å²) in [5, 5.41) is 0. The Morgan fingerprint density at radius 3 is 2.52 bits per heavy atom. The van der Waals surface area contributed by atoms with Gasteiger partial charge >= 0.3 is 0 Å². The van der Waals surface area contributed by atoms with Crippen LogP contribution in [-0.4, -0.2) is 61.9 Å². The van der Waals surface area contributed by atoms with Crippen molar-refractivity contribution in [1.29, 1.82) is 0 Å². The fraction of sp³-hybridized carbons (Fsp3) is 0.636. The number of amides is 2. The first-order valence-electron chi connectivity index (χ1n) is 10.2. The number of hydrogen-bond donors (Lipinski definition) is 0. The standard InChI is InChI=1S/C22H33N3O2/c1-16-5-6-20(17(2)13-16)25-15-19(14-21(25)26)22(27)24-11-8-18(9-12-24)7-10-23(3)4/h5-6,13,18-19H,7-12,14-15H2,1-4H3/t19-/m1/s1. The predicted molar refractivity (Wildman–Crippen MR) is 109 cm³/mol. The summed E-state index contributed by atoms with van der Waals surface area (Å²) in [6.07, 6.45) is 3.71. The lowest BCUT2D eigenvalue weighted by atomic mass is 9.92. The van der Waals surface area contributed by atoms with E-state index in [1.807, 2.05) is 24.0 Å². The largest absolute Gasteiger partial charge is 0.342 e. The Hall–Kier alpha value is -1.88. The molecule has 148 valence electrons. The second kappa shape index (κ2) is 8.42. The molecule has 0 spiro atoms. The molecule has 0 aromatic heterocycles. The molecule has 3 rings (SSSR count). The lowest BCUT2D eigenvalue weighted by Gasteiger charge is -2.34. The van der Waals surface area contributed by atoms with Gasteiger partial charge in [0.05, 0.1) is 5.92 Å². The highest BCUT2D eigenvalue weighted by molar-refractivity contribution is 6.00. The van der Waals surface area contributed by atoms with Crippen molar-refractivity contribution < 1.29 is 9.59 Å². The van der Waals surface area contributed by atoms with Crippen LogP contribution in [0.4, 0.5) is 5.69 Å². The third-order valence-corrected chi connectivity index (χ3v) is 6.03. The molecule has 2 heterocycles. The molecule has 2 aliphatic rings. The van der Waals surface area contributed by atoms with E-state index in [2.05, 4.69) is 32.0 Å². The molecule has 5 nitrogen and oxygen atoms in total. The third-order valence-electron chi connectivity index (χ3n) is 6.03. The maximum Gasteiger partial charge on any atom is 0.228 e. The highest BCUT2D eigenvalue weighted by Gasteiger charge is 2.38. The Morgan fingerprint density at radius 1 is 1.19 bits per heavy atom. The molecular weight excluding hydrogens is 338 g/mol. The molecular formula is C22H33N3O2. The van der Waals surface area contributed by atoms with Gasteiger partial charge in [-0.3, -0.25) is 9.59 Å². The molecule has 1 atom stereocenters. The van der Waals surface area contributed by atoms with Crippen molar-refractivity contribution in [2.45, 2.75) is 39.5 Å². The van der Waals surface area contributed by atoms with Crippen molar-refractivity contribution in [3.63, 3.8) is 0 Å². The van der Waals surface area contributed by atoms with Crippen molar-refractivity contribution in [3.05, 3.63) is 29.3 Å². The minimum atomic E-state index is -0.198. The van der Waals surface area contributed by atoms with Gasteiger partial charge in [-0.15, -0.1) is 0 Å². The maximum absolute atomic E-state index is 13.0. The van der Waals surface area contributed by atoms with Crippen molar-refractivity contribution in [1.82, 2.24) is 9.80 Å². The molecule has 1 aromatic carbocycles. The molecule has 2 fully saturated rings. The van der Waals surface area contributed by atoms with Crippen LogP contribution in [-0.2, 0) is 9.59 Å². The normalized spacial score (nSPS) is 21.4. The molecule has 27 heavy (non-hydrogen) atoms. The first-order valence-corrected chi connectivity index (χ1v) is 10.2. The number of piperidine rings is 1. The van der Waals surface area contributed by atoms with Crippen molar-refractivity contribution >= 4 is 17.5 Å². The fourth-order valence-corrected chi connectivity index (χ4v) is 4.36. The number of nitrogens with zero attached hydrogens (tertiary/aromatic N) is 3. The molecule has 5 heteroatoms. The lowest BCUT2D eigenvalue weighted by Crippen LogP contribution is -2.42. The number of anilines is 1. The molecule has 0 bridgehead atoms. The summed E-state index contributed by atoms with van der Waals surface area (Å²) in [5.41, 5.74) is 3.23. The van der Waals surface area contributed by atoms with Crippen LogP contribution < -0.4 is 4.90 Å². The van der Waals surface area contributed by atoms with Gasteiger partial charge in [0.1, 0.15) is 0 Å². The van der Waals surface area contributed by atoms with Gasteiger partial charge in [0.15, 0.2) is 0 Å². The lowest BCUT2D eigenvalue weighted by molar-refractivity contribution is -0.137. The van der Waals surface area contributed by atoms with Gasteiger partial charge in [-0.25, -0.2) is 0 Å². The highest BCUT2D eigenvalue weighted by Crippen LogP contribution is 2.30.